The molecule has 0 fully saturated rings. The maximum atomic E-state index is 11.9. The van der Waals surface area contributed by atoms with Gasteiger partial charge in [0.1, 0.15) is 21.5 Å². The highest BCUT2D eigenvalue weighted by atomic mass is 32.1. The quantitative estimate of drug-likeness (QED) is 0.490. The Hall–Kier alpha value is -2.85. The molecule has 0 unspecified atom stereocenters. The van der Waals surface area contributed by atoms with Crippen LogP contribution in [-0.4, -0.2) is 46.7 Å². The molecule has 0 spiro atoms. The highest BCUT2D eigenvalue weighted by Gasteiger charge is 2.19. The van der Waals surface area contributed by atoms with Crippen LogP contribution in [-0.2, 0) is 9.47 Å². The number of hydrogen-bond donors (Lipinski definition) is 0. The van der Waals surface area contributed by atoms with Gasteiger partial charge in [0, 0.05) is 22.5 Å². The Bertz CT molecular complexity index is 1010. The van der Waals surface area contributed by atoms with Crippen LogP contribution in [0.1, 0.15) is 41.7 Å². The van der Waals surface area contributed by atoms with Crippen LogP contribution in [0.4, 0.5) is 0 Å². The second-order valence-electron chi connectivity index (χ2n) is 5.52. The van der Waals surface area contributed by atoms with E-state index in [1.807, 2.05) is 6.92 Å². The second kappa shape index (κ2) is 9.57. The van der Waals surface area contributed by atoms with Gasteiger partial charge in [0.25, 0.3) is 0 Å². The number of aromatic nitrogens is 3. The summed E-state index contributed by atoms with van der Waals surface area (Å²) < 4.78 is 15.7. The summed E-state index contributed by atoms with van der Waals surface area (Å²) in [5.41, 5.74) is 1.73. The number of carbonyl (C=O) groups is 2. The molecule has 0 radical (unpaired) electrons. The van der Waals surface area contributed by atoms with E-state index in [2.05, 4.69) is 15.0 Å². The molecule has 8 nitrogen and oxygen atoms in total. The summed E-state index contributed by atoms with van der Waals surface area (Å²) in [5.74, 6) is -0.416. The summed E-state index contributed by atoms with van der Waals surface area (Å²) in [4.78, 5) is 36.8. The van der Waals surface area contributed by atoms with Crippen molar-refractivity contribution in [2.75, 3.05) is 19.8 Å². The van der Waals surface area contributed by atoms with Gasteiger partial charge in [0.05, 0.1) is 19.8 Å². The molecule has 0 bridgehead atoms. The van der Waals surface area contributed by atoms with E-state index >= 15 is 0 Å². The third-order valence-electron chi connectivity index (χ3n) is 3.58. The van der Waals surface area contributed by atoms with Crippen LogP contribution in [0.15, 0.2) is 23.0 Å². The first-order chi connectivity index (χ1) is 14.1. The predicted molar refractivity (Wildman–Crippen MR) is 110 cm³/mol. The summed E-state index contributed by atoms with van der Waals surface area (Å²) in [5, 5.41) is 4.45. The molecule has 10 heteroatoms. The zero-order valence-electron chi connectivity index (χ0n) is 16.1. The Kier molecular flexibility index (Phi) is 6.89. The molecule has 0 N–H and O–H groups in total. The molecular weight excluding hydrogens is 414 g/mol. The van der Waals surface area contributed by atoms with Crippen LogP contribution in [0.3, 0.4) is 0 Å². The average molecular weight is 434 g/mol. The molecule has 0 aliphatic heterocycles. The molecule has 0 atom stereocenters. The van der Waals surface area contributed by atoms with Crippen molar-refractivity contribution in [3.8, 4) is 27.0 Å². The lowest BCUT2D eigenvalue weighted by Gasteiger charge is -2.08. The number of ether oxygens (including phenoxy) is 3. The van der Waals surface area contributed by atoms with E-state index < -0.39 is 11.9 Å². The van der Waals surface area contributed by atoms with Crippen molar-refractivity contribution in [3.63, 3.8) is 0 Å². The van der Waals surface area contributed by atoms with Gasteiger partial charge in [0.2, 0.25) is 0 Å². The summed E-state index contributed by atoms with van der Waals surface area (Å²) in [6.45, 7) is 6.35. The Morgan fingerprint density at radius 3 is 2.07 bits per heavy atom. The first kappa shape index (κ1) is 20.9. The molecular formula is C19H19N3O5S2. The Balaban J connectivity index is 1.92. The van der Waals surface area contributed by atoms with Crippen LogP contribution >= 0.6 is 22.7 Å². The van der Waals surface area contributed by atoms with Crippen molar-refractivity contribution < 1.29 is 23.8 Å². The fourth-order valence-corrected chi connectivity index (χ4v) is 3.93. The molecule has 0 saturated carbocycles. The monoisotopic (exact) mass is 433 g/mol. The number of thiazole rings is 2. The molecule has 3 heterocycles. The van der Waals surface area contributed by atoms with Gasteiger partial charge < -0.3 is 14.2 Å². The maximum Gasteiger partial charge on any atom is 0.357 e. The number of rotatable bonds is 8. The topological polar surface area (TPSA) is 101 Å². The van der Waals surface area contributed by atoms with Crippen molar-refractivity contribution in [3.05, 3.63) is 34.4 Å². The lowest BCUT2D eigenvalue weighted by atomic mass is 10.2. The SMILES string of the molecule is CCOC(=O)c1csc(-c2cnc(-c3nc(C(=O)OCC)cs3)c(OCC)c2)n1. The first-order valence-corrected chi connectivity index (χ1v) is 10.7. The number of esters is 2. The van der Waals surface area contributed by atoms with Crippen molar-refractivity contribution in [2.45, 2.75) is 20.8 Å². The molecule has 0 saturated heterocycles. The number of nitrogens with zero attached hydrogens (tertiary/aromatic N) is 3. The fourth-order valence-electron chi connectivity index (χ4n) is 2.37. The minimum absolute atomic E-state index is 0.235. The lowest BCUT2D eigenvalue weighted by Crippen LogP contribution is -2.05. The second-order valence-corrected chi connectivity index (χ2v) is 7.24. The zero-order valence-corrected chi connectivity index (χ0v) is 17.8. The number of hydrogen-bond acceptors (Lipinski definition) is 10. The summed E-state index contributed by atoms with van der Waals surface area (Å²) in [6, 6.07) is 1.80. The van der Waals surface area contributed by atoms with Gasteiger partial charge in [-0.1, -0.05) is 0 Å². The van der Waals surface area contributed by atoms with Gasteiger partial charge in [-0.3, -0.25) is 0 Å². The Morgan fingerprint density at radius 2 is 1.48 bits per heavy atom. The lowest BCUT2D eigenvalue weighted by molar-refractivity contribution is 0.0511. The van der Waals surface area contributed by atoms with Gasteiger partial charge in [-0.2, -0.15) is 0 Å². The van der Waals surface area contributed by atoms with E-state index in [1.54, 1.807) is 36.9 Å². The van der Waals surface area contributed by atoms with Crippen LogP contribution in [0, 0.1) is 0 Å². The van der Waals surface area contributed by atoms with Crippen LogP contribution in [0.5, 0.6) is 5.75 Å². The van der Waals surface area contributed by atoms with Gasteiger partial charge in [0.15, 0.2) is 11.4 Å². The summed E-state index contributed by atoms with van der Waals surface area (Å²) in [6.07, 6.45) is 1.64. The van der Waals surface area contributed by atoms with Crippen molar-refractivity contribution >= 4 is 34.6 Å². The fraction of sp³-hybridized carbons (Fsp3) is 0.316. The van der Waals surface area contributed by atoms with Crippen molar-refractivity contribution in [1.29, 1.82) is 0 Å². The average Bonchev–Trinajstić information content (AvgIpc) is 3.39. The molecule has 3 aromatic rings. The van der Waals surface area contributed by atoms with E-state index in [1.165, 1.54) is 22.7 Å². The predicted octanol–water partition coefficient (Wildman–Crippen LogP) is 4.08. The van der Waals surface area contributed by atoms with Crippen LogP contribution in [0.2, 0.25) is 0 Å². The van der Waals surface area contributed by atoms with E-state index in [9.17, 15) is 9.59 Å². The molecule has 0 aliphatic rings. The van der Waals surface area contributed by atoms with E-state index in [0.29, 0.717) is 33.6 Å². The van der Waals surface area contributed by atoms with Crippen molar-refractivity contribution in [2.24, 2.45) is 0 Å². The van der Waals surface area contributed by atoms with Gasteiger partial charge in [-0.05, 0) is 26.8 Å². The molecule has 152 valence electrons. The molecule has 0 aromatic carbocycles. The number of carbonyl (C=O) groups excluding carboxylic acids is 2. The molecule has 29 heavy (non-hydrogen) atoms. The highest BCUT2D eigenvalue weighted by molar-refractivity contribution is 7.13. The third kappa shape index (κ3) is 4.77. The zero-order chi connectivity index (χ0) is 20.8. The van der Waals surface area contributed by atoms with Crippen LogP contribution < -0.4 is 4.74 Å². The van der Waals surface area contributed by atoms with E-state index in [0.717, 1.165) is 0 Å². The molecule has 3 rings (SSSR count). The first-order valence-electron chi connectivity index (χ1n) is 8.96. The number of pyridine rings is 1. The summed E-state index contributed by atoms with van der Waals surface area (Å²) >= 11 is 2.60. The van der Waals surface area contributed by atoms with Crippen LogP contribution in [0.25, 0.3) is 21.3 Å². The maximum absolute atomic E-state index is 11.9. The Morgan fingerprint density at radius 1 is 0.897 bits per heavy atom. The minimum Gasteiger partial charge on any atom is -0.491 e. The minimum atomic E-state index is -0.473. The molecule has 0 amide bonds. The Labute approximate surface area is 175 Å². The smallest absolute Gasteiger partial charge is 0.357 e. The standard InChI is InChI=1S/C19H19N3O5S2/c1-4-25-14-7-11(16-21-12(9-28-16)18(23)26-5-2)8-20-15(14)17-22-13(10-29-17)19(24)27-6-3/h7-10H,4-6H2,1-3H3. The summed E-state index contributed by atoms with van der Waals surface area (Å²) in [7, 11) is 0. The van der Waals surface area contributed by atoms with Crippen molar-refractivity contribution in [1.82, 2.24) is 15.0 Å². The molecule has 3 aromatic heterocycles. The largest absolute Gasteiger partial charge is 0.491 e. The normalized spacial score (nSPS) is 10.6. The van der Waals surface area contributed by atoms with E-state index in [-0.39, 0.29) is 24.6 Å². The van der Waals surface area contributed by atoms with E-state index in [4.69, 9.17) is 14.2 Å². The van der Waals surface area contributed by atoms with Gasteiger partial charge in [-0.25, -0.2) is 24.5 Å². The third-order valence-corrected chi connectivity index (χ3v) is 5.32. The highest BCUT2D eigenvalue weighted by Crippen LogP contribution is 2.35. The van der Waals surface area contributed by atoms with Gasteiger partial charge >= 0.3 is 11.9 Å². The van der Waals surface area contributed by atoms with Gasteiger partial charge in [-0.15, -0.1) is 22.7 Å². The molecule has 0 aliphatic carbocycles.